The molecule has 5 rings (SSSR count). The van der Waals surface area contributed by atoms with Crippen molar-refractivity contribution in [3.63, 3.8) is 0 Å². The minimum atomic E-state index is -0.635. The average molecular weight is 418 g/mol. The number of carbonyl (C=O) groups is 1. The van der Waals surface area contributed by atoms with Crippen molar-refractivity contribution in [2.45, 2.75) is 38.6 Å². The van der Waals surface area contributed by atoms with E-state index >= 15 is 0 Å². The van der Waals surface area contributed by atoms with Gasteiger partial charge in [-0.2, -0.15) is 0 Å². The summed E-state index contributed by atoms with van der Waals surface area (Å²) in [7, 11) is 1.68. The van der Waals surface area contributed by atoms with Crippen LogP contribution in [0.5, 0.6) is 11.5 Å². The molecule has 0 unspecified atom stereocenters. The van der Waals surface area contributed by atoms with E-state index in [-0.39, 0.29) is 5.91 Å². The fourth-order valence-corrected chi connectivity index (χ4v) is 4.52. The molecule has 3 aromatic rings. The molecule has 1 aromatic heterocycles. The van der Waals surface area contributed by atoms with Gasteiger partial charge in [-0.25, -0.2) is 0 Å². The second-order valence-electron chi connectivity index (χ2n) is 8.08. The summed E-state index contributed by atoms with van der Waals surface area (Å²) in [5.74, 6) is 1.17. The van der Waals surface area contributed by atoms with Crippen LogP contribution in [0.3, 0.4) is 0 Å². The summed E-state index contributed by atoms with van der Waals surface area (Å²) in [4.78, 5) is 18.4. The number of hydrogen-bond donors (Lipinski definition) is 0. The summed E-state index contributed by atoms with van der Waals surface area (Å²) in [6, 6.07) is 14.3. The van der Waals surface area contributed by atoms with E-state index in [1.54, 1.807) is 13.3 Å². The number of aromatic nitrogens is 1. The van der Waals surface area contributed by atoms with Crippen LogP contribution in [0, 0.1) is 0 Å². The first kappa shape index (κ1) is 19.8. The number of rotatable bonds is 3. The van der Waals surface area contributed by atoms with Crippen molar-refractivity contribution in [1.29, 1.82) is 0 Å². The lowest BCUT2D eigenvalue weighted by Gasteiger charge is -2.44. The van der Waals surface area contributed by atoms with Crippen LogP contribution >= 0.6 is 0 Å². The Bertz CT molecular complexity index is 1140. The number of methoxy groups -OCH3 is 1. The molecule has 0 saturated carbocycles. The van der Waals surface area contributed by atoms with Crippen LogP contribution in [-0.4, -0.2) is 41.8 Å². The maximum absolute atomic E-state index is 12.0. The molecular weight excluding hydrogens is 392 g/mol. The van der Waals surface area contributed by atoms with Crippen LogP contribution in [-0.2, 0) is 16.1 Å². The summed E-state index contributed by atoms with van der Waals surface area (Å²) in [5.41, 5.74) is 3.89. The van der Waals surface area contributed by atoms with E-state index in [4.69, 9.17) is 14.2 Å². The van der Waals surface area contributed by atoms with Gasteiger partial charge in [0.05, 0.1) is 13.7 Å². The Morgan fingerprint density at radius 3 is 2.81 bits per heavy atom. The van der Waals surface area contributed by atoms with Gasteiger partial charge in [0, 0.05) is 55.1 Å². The molecule has 2 aliphatic heterocycles. The maximum atomic E-state index is 12.0. The molecular formula is C25H26N2O4. The van der Waals surface area contributed by atoms with E-state index in [1.807, 2.05) is 30.0 Å². The molecule has 6 heteroatoms. The summed E-state index contributed by atoms with van der Waals surface area (Å²) in [6.07, 6.45) is 3.68. The number of hydrogen-bond acceptors (Lipinski definition) is 5. The Labute approximate surface area is 181 Å². The topological polar surface area (TPSA) is 60.9 Å². The molecule has 2 aliphatic rings. The molecule has 31 heavy (non-hydrogen) atoms. The highest BCUT2D eigenvalue weighted by molar-refractivity contribution is 5.92. The number of pyridine rings is 1. The lowest BCUT2D eigenvalue weighted by Crippen LogP contribution is -2.52. The minimum absolute atomic E-state index is 0.189. The van der Waals surface area contributed by atoms with Gasteiger partial charge in [0.1, 0.15) is 11.3 Å². The molecule has 160 valence electrons. The first-order chi connectivity index (χ1) is 15.1. The predicted molar refractivity (Wildman–Crippen MR) is 118 cm³/mol. The van der Waals surface area contributed by atoms with E-state index < -0.39 is 5.79 Å². The summed E-state index contributed by atoms with van der Waals surface area (Å²) in [6.45, 7) is 3.72. The van der Waals surface area contributed by atoms with Crippen molar-refractivity contribution in [3.8, 4) is 22.6 Å². The molecule has 1 fully saturated rings. The molecule has 0 aliphatic carbocycles. The van der Waals surface area contributed by atoms with Gasteiger partial charge in [-0.3, -0.25) is 9.78 Å². The molecule has 1 saturated heterocycles. The summed E-state index contributed by atoms with van der Waals surface area (Å²) >= 11 is 0. The van der Waals surface area contributed by atoms with E-state index in [1.165, 1.54) is 0 Å². The molecule has 0 N–H and O–H groups in total. The standard InChI is InChI=1S/C25H26N2O4/c1-3-22(28)27-13-10-25(11-14-27)30-16-19-15-18(7-9-21(19)31-25)20-8-6-17-5-4-12-26-23(17)24(20)29-2/h4-9,12,15H,3,10-11,13-14,16H2,1-2H3. The number of benzene rings is 2. The first-order valence-corrected chi connectivity index (χ1v) is 10.8. The molecule has 0 radical (unpaired) electrons. The summed E-state index contributed by atoms with van der Waals surface area (Å²) < 4.78 is 18.3. The highest BCUT2D eigenvalue weighted by atomic mass is 16.7. The van der Waals surface area contributed by atoms with Crippen molar-refractivity contribution >= 4 is 16.8 Å². The second-order valence-corrected chi connectivity index (χ2v) is 8.08. The zero-order valence-electron chi connectivity index (χ0n) is 17.9. The first-order valence-electron chi connectivity index (χ1n) is 10.8. The number of carbonyl (C=O) groups excluding carboxylic acids is 1. The van der Waals surface area contributed by atoms with Gasteiger partial charge in [0.25, 0.3) is 0 Å². The maximum Gasteiger partial charge on any atom is 0.222 e. The molecule has 1 amide bonds. The van der Waals surface area contributed by atoms with E-state index in [0.29, 0.717) is 39.0 Å². The number of likely N-dealkylation sites (tertiary alicyclic amines) is 1. The smallest absolute Gasteiger partial charge is 0.222 e. The Morgan fingerprint density at radius 2 is 2.03 bits per heavy atom. The predicted octanol–water partition coefficient (Wildman–Crippen LogP) is 4.55. The van der Waals surface area contributed by atoms with Gasteiger partial charge < -0.3 is 19.1 Å². The van der Waals surface area contributed by atoms with E-state index in [9.17, 15) is 4.79 Å². The molecule has 0 atom stereocenters. The average Bonchev–Trinajstić information content (AvgIpc) is 2.83. The van der Waals surface area contributed by atoms with Gasteiger partial charge in [0.2, 0.25) is 11.7 Å². The van der Waals surface area contributed by atoms with Gasteiger partial charge in [-0.1, -0.05) is 25.1 Å². The van der Waals surface area contributed by atoms with Gasteiger partial charge in [0.15, 0.2) is 5.75 Å². The molecule has 1 spiro atoms. The zero-order valence-corrected chi connectivity index (χ0v) is 17.9. The highest BCUT2D eigenvalue weighted by Gasteiger charge is 2.41. The van der Waals surface area contributed by atoms with Crippen LogP contribution in [0.2, 0.25) is 0 Å². The van der Waals surface area contributed by atoms with Crippen LogP contribution in [0.25, 0.3) is 22.0 Å². The fourth-order valence-electron chi connectivity index (χ4n) is 4.52. The molecule has 3 heterocycles. The molecule has 6 nitrogen and oxygen atoms in total. The van der Waals surface area contributed by atoms with E-state index in [0.717, 1.165) is 39.1 Å². The zero-order chi connectivity index (χ0) is 21.4. The fraction of sp³-hybridized carbons (Fsp3) is 0.360. The SMILES string of the molecule is CCC(=O)N1CCC2(CC1)OCc1cc(-c3ccc4cccnc4c3OC)ccc1O2. The number of piperidine rings is 1. The number of amides is 1. The summed E-state index contributed by atoms with van der Waals surface area (Å²) in [5, 5.41) is 1.04. The Balaban J connectivity index is 1.41. The van der Waals surface area contributed by atoms with E-state index in [2.05, 4.69) is 29.2 Å². The third-order valence-corrected chi connectivity index (χ3v) is 6.27. The third-order valence-electron chi connectivity index (χ3n) is 6.27. The van der Waals surface area contributed by atoms with Crippen molar-refractivity contribution < 1.29 is 19.0 Å². The highest BCUT2D eigenvalue weighted by Crippen LogP contribution is 2.41. The Kier molecular flexibility index (Phi) is 5.02. The molecule has 2 aromatic carbocycles. The lowest BCUT2D eigenvalue weighted by molar-refractivity contribution is -0.227. The van der Waals surface area contributed by atoms with Gasteiger partial charge in [-0.05, 0) is 29.8 Å². The Morgan fingerprint density at radius 1 is 1.19 bits per heavy atom. The monoisotopic (exact) mass is 418 g/mol. The number of ether oxygens (including phenoxy) is 3. The van der Waals surface area contributed by atoms with Crippen molar-refractivity contribution in [2.24, 2.45) is 0 Å². The normalized spacial score (nSPS) is 17.3. The number of fused-ring (bicyclic) bond motifs is 2. The van der Waals surface area contributed by atoms with Gasteiger partial charge in [-0.15, -0.1) is 0 Å². The van der Waals surface area contributed by atoms with Crippen molar-refractivity contribution in [3.05, 3.63) is 54.2 Å². The largest absolute Gasteiger partial charge is 0.494 e. The Hall–Kier alpha value is -3.12. The second kappa shape index (κ2) is 7.85. The molecule has 0 bridgehead atoms. The van der Waals surface area contributed by atoms with Crippen molar-refractivity contribution in [1.82, 2.24) is 9.88 Å². The van der Waals surface area contributed by atoms with Crippen LogP contribution in [0.4, 0.5) is 0 Å². The van der Waals surface area contributed by atoms with Crippen molar-refractivity contribution in [2.75, 3.05) is 20.2 Å². The number of nitrogens with zero attached hydrogens (tertiary/aromatic N) is 2. The van der Waals surface area contributed by atoms with Crippen LogP contribution < -0.4 is 9.47 Å². The third kappa shape index (κ3) is 3.51. The van der Waals surface area contributed by atoms with Gasteiger partial charge >= 0.3 is 0 Å². The van der Waals surface area contributed by atoms with Crippen LogP contribution in [0.1, 0.15) is 31.7 Å². The van der Waals surface area contributed by atoms with Crippen LogP contribution in [0.15, 0.2) is 48.7 Å². The minimum Gasteiger partial charge on any atom is -0.494 e. The lowest BCUT2D eigenvalue weighted by atomic mass is 9.97. The quantitative estimate of drug-likeness (QED) is 0.625.